The molecule has 0 radical (unpaired) electrons. The zero-order chi connectivity index (χ0) is 18.4. The van der Waals surface area contributed by atoms with E-state index >= 15 is 0 Å². The molecule has 6 nitrogen and oxygen atoms in total. The van der Waals surface area contributed by atoms with E-state index in [1.807, 2.05) is 12.1 Å². The van der Waals surface area contributed by atoms with Gasteiger partial charge in [0.2, 0.25) is 11.9 Å². The van der Waals surface area contributed by atoms with Crippen molar-refractivity contribution in [3.05, 3.63) is 34.9 Å². The number of rotatable bonds is 4. The van der Waals surface area contributed by atoms with Gasteiger partial charge in [0.25, 0.3) is 0 Å². The fourth-order valence-electron chi connectivity index (χ4n) is 5.07. The summed E-state index contributed by atoms with van der Waals surface area (Å²) < 4.78 is 0. The van der Waals surface area contributed by atoms with Crippen molar-refractivity contribution < 1.29 is 0 Å². The molecule has 144 valence electrons. The van der Waals surface area contributed by atoms with Gasteiger partial charge in [-0.15, -0.1) is 5.10 Å². The van der Waals surface area contributed by atoms with Gasteiger partial charge >= 0.3 is 0 Å². The number of H-pyrrole nitrogens is 1. The van der Waals surface area contributed by atoms with Crippen molar-refractivity contribution in [3.63, 3.8) is 0 Å². The molecule has 0 amide bonds. The van der Waals surface area contributed by atoms with Crippen LogP contribution >= 0.6 is 11.6 Å². The molecule has 27 heavy (non-hydrogen) atoms. The number of fused-ring (bicyclic) bond motifs is 1. The van der Waals surface area contributed by atoms with E-state index in [1.54, 1.807) is 0 Å². The second-order valence-electron chi connectivity index (χ2n) is 8.41. The molecule has 3 heterocycles. The Balaban J connectivity index is 1.25. The molecule has 0 bridgehead atoms. The number of nitrogens with one attached hydrogen (secondary N) is 1. The van der Waals surface area contributed by atoms with Crippen LogP contribution in [0, 0.1) is 11.8 Å². The number of nitrogens with zero attached hydrogens (tertiary/aromatic N) is 4. The Morgan fingerprint density at radius 1 is 1.11 bits per heavy atom. The molecule has 2 unspecified atom stereocenters. The van der Waals surface area contributed by atoms with Crippen LogP contribution in [0.1, 0.15) is 31.2 Å². The number of aromatic nitrogens is 3. The van der Waals surface area contributed by atoms with Crippen LogP contribution in [0.4, 0.5) is 11.9 Å². The lowest BCUT2D eigenvalue weighted by atomic mass is 9.91. The van der Waals surface area contributed by atoms with Gasteiger partial charge in [-0.1, -0.05) is 23.7 Å². The first-order chi connectivity index (χ1) is 13.2. The first-order valence-corrected chi connectivity index (χ1v) is 10.5. The van der Waals surface area contributed by atoms with Crippen molar-refractivity contribution in [2.75, 3.05) is 30.3 Å². The second kappa shape index (κ2) is 6.99. The molecule has 1 aliphatic carbocycles. The molecular weight excluding hydrogens is 360 g/mol. The van der Waals surface area contributed by atoms with Crippen LogP contribution in [-0.4, -0.2) is 51.8 Å². The van der Waals surface area contributed by atoms with Gasteiger partial charge in [0.05, 0.1) is 0 Å². The number of anilines is 2. The topological polar surface area (TPSA) is 74.1 Å². The van der Waals surface area contributed by atoms with Gasteiger partial charge in [0, 0.05) is 36.7 Å². The molecule has 3 fully saturated rings. The molecule has 3 N–H and O–H groups in total. The van der Waals surface area contributed by atoms with E-state index in [2.05, 4.69) is 37.1 Å². The lowest BCUT2D eigenvalue weighted by molar-refractivity contribution is 0.0744. The smallest absolute Gasteiger partial charge is 0.246 e. The summed E-state index contributed by atoms with van der Waals surface area (Å²) in [7, 11) is 0. The van der Waals surface area contributed by atoms with Crippen LogP contribution < -0.4 is 10.6 Å². The molecule has 1 saturated carbocycles. The van der Waals surface area contributed by atoms with Crippen molar-refractivity contribution >= 4 is 23.5 Å². The molecule has 1 aromatic heterocycles. The van der Waals surface area contributed by atoms with Crippen LogP contribution in [0.2, 0.25) is 5.02 Å². The van der Waals surface area contributed by atoms with Gasteiger partial charge < -0.3 is 10.6 Å². The van der Waals surface area contributed by atoms with Gasteiger partial charge in [-0.2, -0.15) is 4.98 Å². The Morgan fingerprint density at radius 2 is 1.89 bits per heavy atom. The minimum atomic E-state index is 0.394. The largest absolute Gasteiger partial charge is 0.368 e. The normalized spacial score (nSPS) is 28.9. The number of piperidine rings is 2. The minimum absolute atomic E-state index is 0.394. The van der Waals surface area contributed by atoms with Crippen LogP contribution in [0.5, 0.6) is 0 Å². The predicted octanol–water partition coefficient (Wildman–Crippen LogP) is 2.96. The van der Waals surface area contributed by atoms with Gasteiger partial charge in [0.15, 0.2) is 0 Å². The Kier molecular flexibility index (Phi) is 4.48. The highest BCUT2D eigenvalue weighted by Crippen LogP contribution is 2.48. The molecule has 2 aliphatic heterocycles. The van der Waals surface area contributed by atoms with Gasteiger partial charge in [-0.25, -0.2) is 5.10 Å². The summed E-state index contributed by atoms with van der Waals surface area (Å²) in [6.07, 6.45) is 6.26. The molecule has 2 saturated heterocycles. The van der Waals surface area contributed by atoms with E-state index in [0.29, 0.717) is 18.0 Å². The predicted molar refractivity (Wildman–Crippen MR) is 108 cm³/mol. The van der Waals surface area contributed by atoms with E-state index in [4.69, 9.17) is 17.3 Å². The Bertz CT molecular complexity index is 782. The summed E-state index contributed by atoms with van der Waals surface area (Å²) in [6.45, 7) is 3.28. The Labute approximate surface area is 165 Å². The van der Waals surface area contributed by atoms with Crippen LogP contribution in [0.25, 0.3) is 0 Å². The average Bonchev–Trinajstić information content (AvgIpc) is 3.31. The molecule has 5 rings (SSSR count). The quantitative estimate of drug-likeness (QED) is 0.845. The van der Waals surface area contributed by atoms with Gasteiger partial charge in [0.1, 0.15) is 0 Å². The molecule has 3 aliphatic rings. The number of hydrogen-bond donors (Lipinski definition) is 2. The van der Waals surface area contributed by atoms with Crippen LogP contribution in [0.15, 0.2) is 24.3 Å². The molecule has 3 atom stereocenters. The second-order valence-corrected chi connectivity index (χ2v) is 8.85. The summed E-state index contributed by atoms with van der Waals surface area (Å²) in [6, 6.07) is 9.74. The number of nitrogens with two attached hydrogens (primary N) is 1. The maximum absolute atomic E-state index is 6.07. The zero-order valence-corrected chi connectivity index (χ0v) is 16.3. The summed E-state index contributed by atoms with van der Waals surface area (Å²) in [5.41, 5.74) is 7.08. The SMILES string of the molecule is Nc1nc(N2CCC(N3CC4CC4C[C@@H]3Cc3ccc(Cl)cc3)CC2)n[nH]1. The van der Waals surface area contributed by atoms with Crippen molar-refractivity contribution in [2.24, 2.45) is 11.8 Å². The minimum Gasteiger partial charge on any atom is -0.368 e. The third-order valence-electron chi connectivity index (χ3n) is 6.65. The maximum Gasteiger partial charge on any atom is 0.246 e. The van der Waals surface area contributed by atoms with Gasteiger partial charge in [-0.3, -0.25) is 4.90 Å². The van der Waals surface area contributed by atoms with Gasteiger partial charge in [-0.05, 0) is 61.6 Å². The standard InChI is InChI=1S/C20H27ClN6/c21-16-3-1-13(2-4-16)9-18-11-14-10-15(14)12-27(18)17-5-7-26(8-6-17)20-23-19(22)24-25-20/h1-4,14-15,17-18H,5-12H2,(H3,22,23,24,25)/t14?,15?,18-/m0/s1. The van der Waals surface area contributed by atoms with E-state index in [0.717, 1.165) is 42.3 Å². The van der Waals surface area contributed by atoms with Crippen molar-refractivity contribution in [1.82, 2.24) is 20.1 Å². The highest BCUT2D eigenvalue weighted by molar-refractivity contribution is 6.30. The number of halogens is 1. The third kappa shape index (κ3) is 3.65. The van der Waals surface area contributed by atoms with E-state index in [1.165, 1.54) is 37.8 Å². The molecule has 1 aromatic carbocycles. The van der Waals surface area contributed by atoms with Crippen molar-refractivity contribution in [1.29, 1.82) is 0 Å². The van der Waals surface area contributed by atoms with E-state index in [9.17, 15) is 0 Å². The van der Waals surface area contributed by atoms with Crippen molar-refractivity contribution in [2.45, 2.75) is 44.2 Å². The molecule has 0 spiro atoms. The Hall–Kier alpha value is -1.79. The van der Waals surface area contributed by atoms with E-state index < -0.39 is 0 Å². The summed E-state index contributed by atoms with van der Waals surface area (Å²) in [5.74, 6) is 3.04. The first kappa shape index (κ1) is 17.3. The number of nitrogen functional groups attached to an aromatic ring is 1. The lowest BCUT2D eigenvalue weighted by Gasteiger charge is -2.44. The monoisotopic (exact) mass is 386 g/mol. The maximum atomic E-state index is 6.07. The number of benzene rings is 1. The third-order valence-corrected chi connectivity index (χ3v) is 6.90. The number of hydrogen-bond acceptors (Lipinski definition) is 5. The summed E-state index contributed by atoms with van der Waals surface area (Å²) in [4.78, 5) is 9.36. The van der Waals surface area contributed by atoms with Crippen molar-refractivity contribution in [3.8, 4) is 0 Å². The average molecular weight is 387 g/mol. The van der Waals surface area contributed by atoms with Crippen LogP contribution in [-0.2, 0) is 6.42 Å². The Morgan fingerprint density at radius 3 is 2.59 bits per heavy atom. The summed E-state index contributed by atoms with van der Waals surface area (Å²) in [5, 5.41) is 7.78. The fraction of sp³-hybridized carbons (Fsp3) is 0.600. The lowest BCUT2D eigenvalue weighted by Crippen LogP contribution is -2.52. The molecular formula is C20H27ClN6. The highest BCUT2D eigenvalue weighted by atomic mass is 35.5. The van der Waals surface area contributed by atoms with Crippen LogP contribution in [0.3, 0.4) is 0 Å². The highest BCUT2D eigenvalue weighted by Gasteiger charge is 2.47. The van der Waals surface area contributed by atoms with E-state index in [-0.39, 0.29) is 0 Å². The number of aromatic amines is 1. The number of likely N-dealkylation sites (tertiary alicyclic amines) is 1. The zero-order valence-electron chi connectivity index (χ0n) is 15.5. The molecule has 7 heteroatoms. The fourth-order valence-corrected chi connectivity index (χ4v) is 5.20. The summed E-state index contributed by atoms with van der Waals surface area (Å²) >= 11 is 6.07. The first-order valence-electron chi connectivity index (χ1n) is 10.1. The molecule has 2 aromatic rings.